The Morgan fingerprint density at radius 2 is 1.79 bits per heavy atom. The number of hydrogen-bond donors (Lipinski definition) is 0. The van der Waals surface area contributed by atoms with Crippen LogP contribution in [-0.4, -0.2) is 28.9 Å². The van der Waals surface area contributed by atoms with Crippen molar-refractivity contribution in [3.63, 3.8) is 0 Å². The van der Waals surface area contributed by atoms with E-state index in [1.165, 1.54) is 0 Å². The van der Waals surface area contributed by atoms with Crippen molar-refractivity contribution in [2.45, 2.75) is 26.4 Å². The molecule has 2 heterocycles. The second-order valence-electron chi connectivity index (χ2n) is 6.91. The molecule has 10 heteroatoms. The van der Waals surface area contributed by atoms with Gasteiger partial charge in [-0.15, -0.1) is 0 Å². The number of esters is 2. The van der Waals surface area contributed by atoms with Crippen molar-refractivity contribution in [1.29, 1.82) is 0 Å². The highest BCUT2D eigenvalue weighted by molar-refractivity contribution is 6.29. The molecule has 4 aromatic rings. The number of carbonyl (C=O) groups is 2. The van der Waals surface area contributed by atoms with E-state index in [1.54, 1.807) is 55.5 Å². The number of nitrogens with zero attached hydrogens (tertiary/aromatic N) is 2. The monoisotopic (exact) mass is 470 g/mol. The lowest BCUT2D eigenvalue weighted by molar-refractivity contribution is -0.134. The SMILES string of the molecule is CCOC(=O)c1ccc(OCc2noc3cc(OC(=O)CCc4cc(Cl)no4)ccc23)cc1. The zero-order valence-electron chi connectivity index (χ0n) is 17.6. The molecule has 2 aromatic heterocycles. The van der Waals surface area contributed by atoms with Crippen molar-refractivity contribution in [3.8, 4) is 11.5 Å². The highest BCUT2D eigenvalue weighted by Gasteiger charge is 2.13. The van der Waals surface area contributed by atoms with E-state index >= 15 is 0 Å². The van der Waals surface area contributed by atoms with Crippen LogP contribution in [0.2, 0.25) is 5.15 Å². The predicted molar refractivity (Wildman–Crippen MR) is 116 cm³/mol. The average Bonchev–Trinajstić information content (AvgIpc) is 3.42. The normalized spacial score (nSPS) is 10.8. The molecule has 0 aliphatic rings. The Balaban J connectivity index is 1.33. The Labute approximate surface area is 193 Å². The quantitative estimate of drug-likeness (QED) is 0.252. The van der Waals surface area contributed by atoms with Crippen molar-refractivity contribution in [2.24, 2.45) is 0 Å². The zero-order valence-corrected chi connectivity index (χ0v) is 18.3. The summed E-state index contributed by atoms with van der Waals surface area (Å²) in [5.74, 6) is 0.587. The molecule has 0 N–H and O–H groups in total. The van der Waals surface area contributed by atoms with E-state index < -0.39 is 5.97 Å². The Morgan fingerprint density at radius 3 is 2.52 bits per heavy atom. The number of aromatic nitrogens is 2. The van der Waals surface area contributed by atoms with Gasteiger partial charge in [-0.05, 0) is 43.3 Å². The third kappa shape index (κ3) is 5.69. The third-order valence-corrected chi connectivity index (χ3v) is 4.77. The van der Waals surface area contributed by atoms with E-state index in [-0.39, 0.29) is 24.2 Å². The fourth-order valence-electron chi connectivity index (χ4n) is 3.00. The number of aryl methyl sites for hydroxylation is 1. The highest BCUT2D eigenvalue weighted by Crippen LogP contribution is 2.25. The molecular formula is C23H19ClN2O7. The van der Waals surface area contributed by atoms with Crippen LogP contribution in [-0.2, 0) is 22.6 Å². The standard InChI is InChI=1S/C23H19ClN2O7/c1-2-29-23(28)14-3-5-15(6-4-14)30-13-19-18-9-7-16(11-20(18)33-25-19)31-22(27)10-8-17-12-21(24)26-32-17/h3-7,9,11-12H,2,8,10,13H2,1H3. The number of rotatable bonds is 9. The van der Waals surface area contributed by atoms with Crippen LogP contribution in [0.1, 0.15) is 35.2 Å². The molecule has 0 radical (unpaired) electrons. The minimum atomic E-state index is -0.434. The van der Waals surface area contributed by atoms with Gasteiger partial charge in [0.1, 0.15) is 29.6 Å². The second kappa shape index (κ2) is 10.2. The molecule has 4 rings (SSSR count). The van der Waals surface area contributed by atoms with E-state index in [2.05, 4.69) is 10.3 Å². The number of ether oxygens (including phenoxy) is 3. The van der Waals surface area contributed by atoms with Gasteiger partial charge in [0.15, 0.2) is 10.7 Å². The van der Waals surface area contributed by atoms with Gasteiger partial charge in [0.25, 0.3) is 0 Å². The van der Waals surface area contributed by atoms with Gasteiger partial charge in [-0.25, -0.2) is 4.79 Å². The first-order chi connectivity index (χ1) is 16.0. The predicted octanol–water partition coefficient (Wildman–Crippen LogP) is 4.76. The number of carbonyl (C=O) groups excluding carboxylic acids is 2. The molecule has 0 bridgehead atoms. The van der Waals surface area contributed by atoms with Crippen LogP contribution in [0.25, 0.3) is 11.0 Å². The summed E-state index contributed by atoms with van der Waals surface area (Å²) < 4.78 is 26.4. The molecule has 9 nitrogen and oxygen atoms in total. The first-order valence-electron chi connectivity index (χ1n) is 10.1. The first kappa shape index (κ1) is 22.3. The minimum absolute atomic E-state index is 0.105. The van der Waals surface area contributed by atoms with Gasteiger partial charge < -0.3 is 23.3 Å². The Kier molecular flexibility index (Phi) is 6.89. The van der Waals surface area contributed by atoms with Gasteiger partial charge >= 0.3 is 11.9 Å². The summed E-state index contributed by atoms with van der Waals surface area (Å²) >= 11 is 5.69. The van der Waals surface area contributed by atoms with Gasteiger partial charge in [-0.2, -0.15) is 0 Å². The smallest absolute Gasteiger partial charge is 0.338 e. The number of halogens is 1. The summed E-state index contributed by atoms with van der Waals surface area (Å²) in [6, 6.07) is 13.2. The highest BCUT2D eigenvalue weighted by atomic mass is 35.5. The summed E-state index contributed by atoms with van der Waals surface area (Å²) in [7, 11) is 0. The molecular weight excluding hydrogens is 452 g/mol. The summed E-state index contributed by atoms with van der Waals surface area (Å²) in [6.45, 7) is 2.22. The average molecular weight is 471 g/mol. The van der Waals surface area contributed by atoms with Crippen LogP contribution < -0.4 is 9.47 Å². The van der Waals surface area contributed by atoms with E-state index in [0.29, 0.717) is 47.1 Å². The van der Waals surface area contributed by atoms with Crippen LogP contribution in [0.3, 0.4) is 0 Å². The molecule has 0 saturated carbocycles. The van der Waals surface area contributed by atoms with Crippen molar-refractivity contribution >= 4 is 34.5 Å². The van der Waals surface area contributed by atoms with Crippen LogP contribution in [0.15, 0.2) is 57.6 Å². The minimum Gasteiger partial charge on any atom is -0.487 e. The number of fused-ring (bicyclic) bond motifs is 1. The van der Waals surface area contributed by atoms with Gasteiger partial charge in [-0.3, -0.25) is 4.79 Å². The summed E-state index contributed by atoms with van der Waals surface area (Å²) in [5.41, 5.74) is 1.49. The number of benzene rings is 2. The largest absolute Gasteiger partial charge is 0.487 e. The lowest BCUT2D eigenvalue weighted by atomic mass is 10.2. The van der Waals surface area contributed by atoms with Crippen molar-refractivity contribution in [1.82, 2.24) is 10.3 Å². The van der Waals surface area contributed by atoms with Gasteiger partial charge in [0, 0.05) is 23.9 Å². The summed E-state index contributed by atoms with van der Waals surface area (Å²) in [4.78, 5) is 23.8. The Morgan fingerprint density at radius 1 is 1.00 bits per heavy atom. The first-order valence-corrected chi connectivity index (χ1v) is 10.5. The Bertz CT molecular complexity index is 1260. The maximum atomic E-state index is 12.1. The van der Waals surface area contributed by atoms with Crippen molar-refractivity contribution in [2.75, 3.05) is 6.61 Å². The molecule has 0 fully saturated rings. The third-order valence-electron chi connectivity index (χ3n) is 4.60. The second-order valence-corrected chi connectivity index (χ2v) is 7.30. The maximum Gasteiger partial charge on any atom is 0.338 e. The van der Waals surface area contributed by atoms with E-state index in [0.717, 1.165) is 5.39 Å². The van der Waals surface area contributed by atoms with Crippen LogP contribution in [0.4, 0.5) is 0 Å². The topological polar surface area (TPSA) is 114 Å². The van der Waals surface area contributed by atoms with Crippen molar-refractivity contribution < 1.29 is 32.8 Å². The molecule has 33 heavy (non-hydrogen) atoms. The molecule has 0 aliphatic heterocycles. The molecule has 0 atom stereocenters. The lowest BCUT2D eigenvalue weighted by Crippen LogP contribution is -2.08. The van der Waals surface area contributed by atoms with Crippen LogP contribution in [0.5, 0.6) is 11.5 Å². The molecule has 0 saturated heterocycles. The molecule has 170 valence electrons. The Hall–Kier alpha value is -3.85. The van der Waals surface area contributed by atoms with E-state index in [9.17, 15) is 9.59 Å². The van der Waals surface area contributed by atoms with Gasteiger partial charge in [-0.1, -0.05) is 21.9 Å². The number of hydrogen-bond acceptors (Lipinski definition) is 9. The van der Waals surface area contributed by atoms with E-state index in [4.69, 9.17) is 34.9 Å². The summed E-state index contributed by atoms with van der Waals surface area (Å²) in [6.07, 6.45) is 0.430. The van der Waals surface area contributed by atoms with Crippen molar-refractivity contribution in [3.05, 3.63) is 70.7 Å². The lowest BCUT2D eigenvalue weighted by Gasteiger charge is -2.06. The molecule has 2 aromatic carbocycles. The maximum absolute atomic E-state index is 12.1. The van der Waals surface area contributed by atoms with Gasteiger partial charge in [0.2, 0.25) is 0 Å². The molecule has 0 unspecified atom stereocenters. The fraction of sp³-hybridized carbons (Fsp3) is 0.217. The molecule has 0 aliphatic carbocycles. The molecule has 0 spiro atoms. The fourth-order valence-corrected chi connectivity index (χ4v) is 3.16. The van der Waals surface area contributed by atoms with E-state index in [1.807, 2.05) is 0 Å². The van der Waals surface area contributed by atoms with Gasteiger partial charge in [0.05, 0.1) is 18.6 Å². The zero-order chi connectivity index (χ0) is 23.2. The molecule has 0 amide bonds. The van der Waals surface area contributed by atoms with Crippen LogP contribution in [0, 0.1) is 0 Å². The summed E-state index contributed by atoms with van der Waals surface area (Å²) in [5, 5.41) is 8.56. The van der Waals surface area contributed by atoms with Crippen LogP contribution >= 0.6 is 11.6 Å².